The van der Waals surface area contributed by atoms with Crippen molar-refractivity contribution in [1.82, 2.24) is 0 Å². The van der Waals surface area contributed by atoms with Gasteiger partial charge in [-0.25, -0.2) is 4.57 Å². The molecule has 0 rings (SSSR count). The van der Waals surface area contributed by atoms with Crippen LogP contribution < -0.4 is 0 Å². The fourth-order valence-corrected chi connectivity index (χ4v) is 6.15. The maximum absolute atomic E-state index is 12.6. The summed E-state index contributed by atoms with van der Waals surface area (Å²) in [5.41, 5.74) is 0. The molecule has 0 aromatic heterocycles. The first-order valence-electron chi connectivity index (χ1n) is 18.8. The maximum atomic E-state index is 12.6. The van der Waals surface area contributed by atoms with Crippen molar-refractivity contribution in [3.05, 3.63) is 0 Å². The summed E-state index contributed by atoms with van der Waals surface area (Å²) in [6, 6.07) is 0. The van der Waals surface area contributed by atoms with Gasteiger partial charge in [0.25, 0.3) is 0 Å². The Morgan fingerprint density at radius 1 is 0.523 bits per heavy atom. The number of ether oxygens (including phenoxy) is 2. The highest BCUT2D eigenvalue weighted by molar-refractivity contribution is 7.47. The van der Waals surface area contributed by atoms with Gasteiger partial charge in [0.2, 0.25) is 0 Å². The summed E-state index contributed by atoms with van der Waals surface area (Å²) in [7, 11) is 1.87. The van der Waals surface area contributed by atoms with Crippen molar-refractivity contribution in [2.45, 2.75) is 174 Å². The van der Waals surface area contributed by atoms with Gasteiger partial charge in [-0.15, -0.1) is 0 Å². The molecule has 0 aliphatic heterocycles. The highest BCUT2D eigenvalue weighted by Gasteiger charge is 2.28. The lowest BCUT2D eigenvalue weighted by Crippen LogP contribution is -2.37. The Hall–Kier alpha value is -0.0100. The van der Waals surface area contributed by atoms with Crippen LogP contribution in [0.3, 0.4) is 0 Å². The Kier molecular flexibility index (Phi) is 31.6. The summed E-state index contributed by atoms with van der Waals surface area (Å²) < 4.78 is 35.7. The molecule has 0 spiro atoms. The molecule has 0 radical (unpaired) electrons. The third-order valence-corrected chi connectivity index (χ3v) is 9.26. The third-order valence-electron chi connectivity index (χ3n) is 8.19. The lowest BCUT2D eigenvalue weighted by molar-refractivity contribution is -0.870. The fraction of sp³-hybridized carbons (Fsp3) is 1.00. The van der Waals surface area contributed by atoms with Gasteiger partial charge in [-0.05, 0) is 12.8 Å². The van der Waals surface area contributed by atoms with E-state index >= 15 is 0 Å². The van der Waals surface area contributed by atoms with Gasteiger partial charge >= 0.3 is 7.82 Å². The zero-order chi connectivity index (χ0) is 32.6. The van der Waals surface area contributed by atoms with Gasteiger partial charge in [-0.2, -0.15) is 0 Å². The van der Waals surface area contributed by atoms with E-state index in [0.717, 1.165) is 25.7 Å². The number of unbranched alkanes of at least 4 members (excludes halogenated alkanes) is 22. The standard InChI is InChI=1S/C36H76NO6P/c1-6-8-10-12-14-16-18-19-20-21-23-25-27-29-32-41-35-36(43-44(38,39)42-33-30-37(3,4)5)34-40-31-28-26-24-22-17-15-13-11-9-7-2/h36H,6-35H2,1-5H3/p+1. The molecule has 0 fully saturated rings. The van der Waals surface area contributed by atoms with E-state index in [-0.39, 0.29) is 19.8 Å². The molecule has 1 N–H and O–H groups in total. The first kappa shape index (κ1) is 44.0. The van der Waals surface area contributed by atoms with Crippen molar-refractivity contribution >= 4 is 7.82 Å². The molecule has 8 heteroatoms. The second kappa shape index (κ2) is 31.6. The number of nitrogens with zero attached hydrogens (tertiary/aromatic N) is 1. The molecule has 44 heavy (non-hydrogen) atoms. The summed E-state index contributed by atoms with van der Waals surface area (Å²) >= 11 is 0. The molecule has 2 atom stereocenters. The summed E-state index contributed by atoms with van der Waals surface area (Å²) in [6.07, 6.45) is 30.7. The number of quaternary nitrogens is 1. The number of phosphoric ester groups is 1. The van der Waals surface area contributed by atoms with Crippen molar-refractivity contribution in [1.29, 1.82) is 0 Å². The average molecular weight is 651 g/mol. The van der Waals surface area contributed by atoms with Gasteiger partial charge < -0.3 is 18.9 Å². The lowest BCUT2D eigenvalue weighted by atomic mass is 10.0. The van der Waals surface area contributed by atoms with Crippen LogP contribution in [0.25, 0.3) is 0 Å². The van der Waals surface area contributed by atoms with E-state index in [2.05, 4.69) is 13.8 Å². The predicted octanol–water partition coefficient (Wildman–Crippen LogP) is 10.6. The van der Waals surface area contributed by atoms with Crippen LogP contribution in [0.15, 0.2) is 0 Å². The molecule has 0 heterocycles. The van der Waals surface area contributed by atoms with E-state index in [9.17, 15) is 9.46 Å². The van der Waals surface area contributed by atoms with E-state index in [1.807, 2.05) is 21.1 Å². The van der Waals surface area contributed by atoms with Gasteiger partial charge in [0.1, 0.15) is 19.3 Å². The second-order valence-corrected chi connectivity index (χ2v) is 15.4. The summed E-state index contributed by atoms with van der Waals surface area (Å²) in [5, 5.41) is 0. The molecule has 0 bridgehead atoms. The highest BCUT2D eigenvalue weighted by Crippen LogP contribution is 2.44. The minimum atomic E-state index is -4.18. The molecule has 0 aliphatic carbocycles. The van der Waals surface area contributed by atoms with E-state index in [4.69, 9.17) is 18.5 Å². The van der Waals surface area contributed by atoms with Crippen molar-refractivity contribution < 1.29 is 32.5 Å². The summed E-state index contributed by atoms with van der Waals surface area (Å²) in [4.78, 5) is 10.3. The largest absolute Gasteiger partial charge is 0.472 e. The van der Waals surface area contributed by atoms with Gasteiger partial charge in [-0.1, -0.05) is 155 Å². The molecule has 0 aliphatic rings. The van der Waals surface area contributed by atoms with Crippen molar-refractivity contribution in [3.63, 3.8) is 0 Å². The molecule has 2 unspecified atom stereocenters. The van der Waals surface area contributed by atoms with Crippen LogP contribution in [0, 0.1) is 0 Å². The van der Waals surface area contributed by atoms with E-state index in [1.54, 1.807) is 0 Å². The number of rotatable bonds is 36. The zero-order valence-corrected chi connectivity index (χ0v) is 31.1. The molecule has 266 valence electrons. The normalized spacial score (nSPS) is 14.2. The smallest absolute Gasteiger partial charge is 0.379 e. The number of hydrogen-bond donors (Lipinski definition) is 1. The molecule has 0 aromatic rings. The van der Waals surface area contributed by atoms with Crippen LogP contribution in [0.1, 0.15) is 168 Å². The van der Waals surface area contributed by atoms with Crippen LogP contribution in [-0.2, 0) is 23.1 Å². The third kappa shape index (κ3) is 34.9. The Bertz CT molecular complexity index is 630. The van der Waals surface area contributed by atoms with E-state index in [1.165, 1.54) is 128 Å². The maximum Gasteiger partial charge on any atom is 0.472 e. The monoisotopic (exact) mass is 651 g/mol. The zero-order valence-electron chi connectivity index (χ0n) is 30.2. The second-order valence-electron chi connectivity index (χ2n) is 14.0. The van der Waals surface area contributed by atoms with Crippen LogP contribution in [0.2, 0.25) is 0 Å². The first-order valence-corrected chi connectivity index (χ1v) is 20.3. The summed E-state index contributed by atoms with van der Waals surface area (Å²) in [5.74, 6) is 0. The minimum Gasteiger partial charge on any atom is -0.379 e. The molecule has 0 amide bonds. The average Bonchev–Trinajstić information content (AvgIpc) is 2.96. The van der Waals surface area contributed by atoms with Crippen molar-refractivity contribution in [2.24, 2.45) is 0 Å². The quantitative estimate of drug-likeness (QED) is 0.0413. The Morgan fingerprint density at radius 3 is 1.16 bits per heavy atom. The minimum absolute atomic E-state index is 0.156. The van der Waals surface area contributed by atoms with E-state index in [0.29, 0.717) is 24.2 Å². The van der Waals surface area contributed by atoms with Gasteiger partial charge in [0.05, 0.1) is 34.4 Å². The van der Waals surface area contributed by atoms with Gasteiger partial charge in [0, 0.05) is 13.2 Å². The van der Waals surface area contributed by atoms with Crippen molar-refractivity contribution in [2.75, 3.05) is 60.7 Å². The number of likely N-dealkylation sites (N-methyl/N-ethyl adjacent to an activating group) is 1. The van der Waals surface area contributed by atoms with Crippen LogP contribution >= 0.6 is 7.82 Å². The van der Waals surface area contributed by atoms with Crippen molar-refractivity contribution in [3.8, 4) is 0 Å². The van der Waals surface area contributed by atoms with Gasteiger partial charge in [-0.3, -0.25) is 9.05 Å². The molecule has 0 saturated heterocycles. The molecular formula is C36H77NO6P+. The molecule has 7 nitrogen and oxygen atoms in total. The summed E-state index contributed by atoms with van der Waals surface area (Å²) in [6.45, 7) is 7.04. The van der Waals surface area contributed by atoms with Gasteiger partial charge in [0.15, 0.2) is 0 Å². The predicted molar refractivity (Wildman–Crippen MR) is 187 cm³/mol. The molecule has 0 saturated carbocycles. The first-order chi connectivity index (χ1) is 21.2. The highest BCUT2D eigenvalue weighted by atomic mass is 31.2. The van der Waals surface area contributed by atoms with E-state index < -0.39 is 13.9 Å². The Balaban J connectivity index is 4.09. The molecule has 0 aromatic carbocycles. The number of phosphoric acid groups is 1. The van der Waals surface area contributed by atoms with Crippen LogP contribution in [-0.4, -0.2) is 76.2 Å². The SMILES string of the molecule is CCCCCCCCCCCCCCCCOCC(COCCCCCCCCCCCC)OP(=O)(O)OCC[N+](C)(C)C. The van der Waals surface area contributed by atoms with Crippen LogP contribution in [0.4, 0.5) is 0 Å². The lowest BCUT2D eigenvalue weighted by Gasteiger charge is -2.25. The molecular weight excluding hydrogens is 573 g/mol. The topological polar surface area (TPSA) is 74.2 Å². The van der Waals surface area contributed by atoms with Crippen LogP contribution in [0.5, 0.6) is 0 Å². The Morgan fingerprint density at radius 2 is 0.841 bits per heavy atom. The Labute approximate surface area is 274 Å². The fourth-order valence-electron chi connectivity index (χ4n) is 5.28. The number of hydrogen-bond acceptors (Lipinski definition) is 5.